The van der Waals surface area contributed by atoms with E-state index < -0.39 is 11.7 Å². The Kier molecular flexibility index (Phi) is 9.93. The van der Waals surface area contributed by atoms with E-state index in [0.717, 1.165) is 17.7 Å². The molecule has 2 aromatic rings. The standard InChI is InChI=1S/C20H23F3N4O.HI/c1-3-25-19(26-12-14-7-9-16(10-8-14)18(28)24-2)27-13-15-5-4-6-17(11-15)20(21,22)23;/h4-11H,3,12-13H2,1-2H3,(H,24,28)(H2,25,26,27);1H. The fourth-order valence-corrected chi connectivity index (χ4v) is 2.46. The van der Waals surface area contributed by atoms with Gasteiger partial charge in [0.1, 0.15) is 0 Å². The van der Waals surface area contributed by atoms with Gasteiger partial charge in [-0.3, -0.25) is 4.79 Å². The number of nitrogens with one attached hydrogen (secondary N) is 3. The molecule has 0 atom stereocenters. The molecule has 0 bridgehead atoms. The number of hydrogen-bond donors (Lipinski definition) is 3. The Hall–Kier alpha value is -2.30. The molecule has 29 heavy (non-hydrogen) atoms. The van der Waals surface area contributed by atoms with Crippen LogP contribution in [0, 0.1) is 0 Å². The summed E-state index contributed by atoms with van der Waals surface area (Å²) in [6, 6.07) is 12.2. The lowest BCUT2D eigenvalue weighted by molar-refractivity contribution is -0.137. The van der Waals surface area contributed by atoms with Crippen molar-refractivity contribution in [2.45, 2.75) is 26.2 Å². The molecule has 0 saturated heterocycles. The van der Waals surface area contributed by atoms with E-state index in [4.69, 9.17) is 0 Å². The molecule has 0 aliphatic rings. The SMILES string of the molecule is CCNC(=NCc1cccc(C(F)(F)F)c1)NCc1ccc(C(=O)NC)cc1.I. The highest BCUT2D eigenvalue weighted by atomic mass is 127. The van der Waals surface area contributed by atoms with E-state index in [0.29, 0.717) is 30.2 Å². The summed E-state index contributed by atoms with van der Waals surface area (Å²) in [4.78, 5) is 15.9. The molecular formula is C20H24F3IN4O. The first-order valence-corrected chi connectivity index (χ1v) is 8.82. The number of benzene rings is 2. The maximum atomic E-state index is 12.8. The maximum absolute atomic E-state index is 12.8. The van der Waals surface area contributed by atoms with Gasteiger partial charge >= 0.3 is 6.18 Å². The van der Waals surface area contributed by atoms with Crippen molar-refractivity contribution >= 4 is 35.8 Å². The Balaban J connectivity index is 0.00000420. The number of halogens is 4. The summed E-state index contributed by atoms with van der Waals surface area (Å²) in [7, 11) is 1.57. The highest BCUT2D eigenvalue weighted by Gasteiger charge is 2.30. The van der Waals surface area contributed by atoms with Crippen LogP contribution in [-0.2, 0) is 19.3 Å². The summed E-state index contributed by atoms with van der Waals surface area (Å²) in [5.74, 6) is 0.339. The summed E-state index contributed by atoms with van der Waals surface area (Å²) in [5.41, 5.74) is 1.30. The summed E-state index contributed by atoms with van der Waals surface area (Å²) in [5, 5.41) is 8.75. The van der Waals surface area contributed by atoms with E-state index in [2.05, 4.69) is 20.9 Å². The van der Waals surface area contributed by atoms with Crippen molar-refractivity contribution in [1.29, 1.82) is 0 Å². The van der Waals surface area contributed by atoms with Gasteiger partial charge in [-0.25, -0.2) is 4.99 Å². The van der Waals surface area contributed by atoms with Gasteiger partial charge in [-0.05, 0) is 42.3 Å². The smallest absolute Gasteiger partial charge is 0.357 e. The molecule has 0 aliphatic carbocycles. The van der Waals surface area contributed by atoms with E-state index in [9.17, 15) is 18.0 Å². The molecule has 158 valence electrons. The van der Waals surface area contributed by atoms with Crippen LogP contribution >= 0.6 is 24.0 Å². The van der Waals surface area contributed by atoms with E-state index in [1.165, 1.54) is 6.07 Å². The topological polar surface area (TPSA) is 65.5 Å². The number of carbonyl (C=O) groups excluding carboxylic acids is 1. The van der Waals surface area contributed by atoms with Crippen molar-refractivity contribution in [2.75, 3.05) is 13.6 Å². The Labute approximate surface area is 185 Å². The number of rotatable bonds is 6. The van der Waals surface area contributed by atoms with Crippen LogP contribution in [0.25, 0.3) is 0 Å². The second-order valence-corrected chi connectivity index (χ2v) is 6.02. The zero-order chi connectivity index (χ0) is 20.6. The van der Waals surface area contributed by atoms with Crippen LogP contribution < -0.4 is 16.0 Å². The minimum Gasteiger partial charge on any atom is -0.357 e. The van der Waals surface area contributed by atoms with Gasteiger partial charge in [-0.2, -0.15) is 13.2 Å². The third kappa shape index (κ3) is 7.92. The van der Waals surface area contributed by atoms with Gasteiger partial charge in [-0.1, -0.05) is 24.3 Å². The number of amides is 1. The lowest BCUT2D eigenvalue weighted by Crippen LogP contribution is -2.36. The van der Waals surface area contributed by atoms with E-state index >= 15 is 0 Å². The van der Waals surface area contributed by atoms with Crippen LogP contribution in [0.4, 0.5) is 13.2 Å². The second kappa shape index (κ2) is 11.6. The van der Waals surface area contributed by atoms with Crippen LogP contribution in [0.2, 0.25) is 0 Å². The second-order valence-electron chi connectivity index (χ2n) is 6.02. The Bertz CT molecular complexity index is 823. The molecule has 0 spiro atoms. The van der Waals surface area contributed by atoms with Gasteiger partial charge in [-0.15, -0.1) is 24.0 Å². The molecular weight excluding hydrogens is 496 g/mol. The molecule has 0 saturated carbocycles. The van der Waals surface area contributed by atoms with Gasteiger partial charge in [0, 0.05) is 25.7 Å². The lowest BCUT2D eigenvalue weighted by Gasteiger charge is -2.12. The predicted octanol–water partition coefficient (Wildman–Crippen LogP) is 3.94. The third-order valence-corrected chi connectivity index (χ3v) is 3.92. The first-order valence-electron chi connectivity index (χ1n) is 8.82. The molecule has 0 heterocycles. The third-order valence-electron chi connectivity index (χ3n) is 3.92. The van der Waals surface area contributed by atoms with Gasteiger partial charge in [0.2, 0.25) is 0 Å². The summed E-state index contributed by atoms with van der Waals surface area (Å²) in [6.07, 6.45) is -4.37. The summed E-state index contributed by atoms with van der Waals surface area (Å²) >= 11 is 0. The van der Waals surface area contributed by atoms with Crippen molar-refractivity contribution < 1.29 is 18.0 Å². The number of hydrogen-bond acceptors (Lipinski definition) is 2. The molecule has 0 unspecified atom stereocenters. The first-order chi connectivity index (χ1) is 13.3. The van der Waals surface area contributed by atoms with Crippen molar-refractivity contribution in [1.82, 2.24) is 16.0 Å². The highest BCUT2D eigenvalue weighted by Crippen LogP contribution is 2.29. The first kappa shape index (κ1) is 24.7. The molecule has 2 rings (SSSR count). The molecule has 3 N–H and O–H groups in total. The predicted molar refractivity (Wildman–Crippen MR) is 118 cm³/mol. The summed E-state index contributed by atoms with van der Waals surface area (Å²) in [6.45, 7) is 3.10. The average molecular weight is 520 g/mol. The molecule has 0 fully saturated rings. The Morgan fingerprint density at radius 1 is 1.03 bits per heavy atom. The fraction of sp³-hybridized carbons (Fsp3) is 0.300. The van der Waals surface area contributed by atoms with E-state index in [1.54, 1.807) is 25.2 Å². The minimum absolute atomic E-state index is 0. The lowest BCUT2D eigenvalue weighted by atomic mass is 10.1. The number of carbonyl (C=O) groups is 1. The van der Waals surface area contributed by atoms with Gasteiger partial charge in [0.05, 0.1) is 12.1 Å². The van der Waals surface area contributed by atoms with Crippen molar-refractivity contribution in [3.63, 3.8) is 0 Å². The molecule has 0 radical (unpaired) electrons. The van der Waals surface area contributed by atoms with Gasteiger partial charge in [0.15, 0.2) is 5.96 Å². The van der Waals surface area contributed by atoms with Crippen molar-refractivity contribution in [2.24, 2.45) is 4.99 Å². The highest BCUT2D eigenvalue weighted by molar-refractivity contribution is 14.0. The molecule has 0 aliphatic heterocycles. The zero-order valence-electron chi connectivity index (χ0n) is 16.1. The van der Waals surface area contributed by atoms with Crippen LogP contribution in [0.15, 0.2) is 53.5 Å². The molecule has 1 amide bonds. The monoisotopic (exact) mass is 520 g/mol. The summed E-state index contributed by atoms with van der Waals surface area (Å²) < 4.78 is 38.4. The van der Waals surface area contributed by atoms with Crippen LogP contribution in [-0.4, -0.2) is 25.5 Å². The van der Waals surface area contributed by atoms with Crippen LogP contribution in [0.5, 0.6) is 0 Å². The molecule has 0 aromatic heterocycles. The zero-order valence-corrected chi connectivity index (χ0v) is 18.5. The van der Waals surface area contributed by atoms with Crippen molar-refractivity contribution in [3.8, 4) is 0 Å². The fourth-order valence-electron chi connectivity index (χ4n) is 2.46. The molecule has 2 aromatic carbocycles. The number of nitrogens with zero attached hydrogens (tertiary/aromatic N) is 1. The van der Waals surface area contributed by atoms with Gasteiger partial charge < -0.3 is 16.0 Å². The normalized spacial score (nSPS) is 11.4. The van der Waals surface area contributed by atoms with Crippen LogP contribution in [0.3, 0.4) is 0 Å². The Morgan fingerprint density at radius 3 is 2.31 bits per heavy atom. The van der Waals surface area contributed by atoms with E-state index in [1.807, 2.05) is 19.1 Å². The van der Waals surface area contributed by atoms with Crippen molar-refractivity contribution in [3.05, 3.63) is 70.8 Å². The van der Waals surface area contributed by atoms with Crippen LogP contribution in [0.1, 0.15) is 34.0 Å². The maximum Gasteiger partial charge on any atom is 0.416 e. The number of guanidine groups is 1. The Morgan fingerprint density at radius 2 is 1.72 bits per heavy atom. The van der Waals surface area contributed by atoms with Gasteiger partial charge in [0.25, 0.3) is 5.91 Å². The minimum atomic E-state index is -4.37. The average Bonchev–Trinajstić information content (AvgIpc) is 2.69. The van der Waals surface area contributed by atoms with E-state index in [-0.39, 0.29) is 36.4 Å². The molecule has 9 heteroatoms. The largest absolute Gasteiger partial charge is 0.416 e. The number of aliphatic imine (C=N–C) groups is 1. The number of alkyl halides is 3. The molecule has 5 nitrogen and oxygen atoms in total. The quantitative estimate of drug-likeness (QED) is 0.307.